The quantitative estimate of drug-likeness (QED) is 0.848. The zero-order chi connectivity index (χ0) is 15.4. The van der Waals surface area contributed by atoms with Crippen molar-refractivity contribution < 1.29 is 4.79 Å². The van der Waals surface area contributed by atoms with E-state index in [9.17, 15) is 4.79 Å². The average Bonchev–Trinajstić information content (AvgIpc) is 2.41. The molecule has 0 radical (unpaired) electrons. The second-order valence-electron chi connectivity index (χ2n) is 5.28. The molecule has 2 aromatic rings. The number of benzene rings is 2. The monoisotopic (exact) mass is 283 g/mol. The predicted octanol–water partition coefficient (Wildman–Crippen LogP) is 2.96. The highest BCUT2D eigenvalue weighted by atomic mass is 16.2. The molecule has 0 unspecified atom stereocenters. The number of nitrogens with zero attached hydrogens (tertiary/aromatic N) is 1. The van der Waals surface area contributed by atoms with Crippen LogP contribution in [0.5, 0.6) is 0 Å². The lowest BCUT2D eigenvalue weighted by atomic mass is 10.1. The zero-order valence-electron chi connectivity index (χ0n) is 12.7. The van der Waals surface area contributed by atoms with E-state index < -0.39 is 0 Å². The molecule has 110 valence electrons. The van der Waals surface area contributed by atoms with Crippen molar-refractivity contribution in [3.63, 3.8) is 0 Å². The first-order valence-electron chi connectivity index (χ1n) is 6.90. The van der Waals surface area contributed by atoms with Gasteiger partial charge in [0, 0.05) is 12.7 Å². The van der Waals surface area contributed by atoms with Crippen LogP contribution in [0.1, 0.15) is 11.1 Å². The highest BCUT2D eigenvalue weighted by Gasteiger charge is 2.10. The van der Waals surface area contributed by atoms with E-state index in [4.69, 9.17) is 5.73 Å². The molecule has 0 aromatic heterocycles. The summed E-state index contributed by atoms with van der Waals surface area (Å²) in [4.78, 5) is 14.1. The summed E-state index contributed by atoms with van der Waals surface area (Å²) in [5, 5.41) is 2.84. The number of nitrogens with one attached hydrogen (secondary N) is 1. The molecule has 0 bridgehead atoms. The minimum atomic E-state index is -0.0876. The number of para-hydroxylation sites is 2. The molecule has 2 aromatic carbocycles. The van der Waals surface area contributed by atoms with Crippen molar-refractivity contribution in [1.29, 1.82) is 0 Å². The molecule has 2 rings (SSSR count). The van der Waals surface area contributed by atoms with Crippen LogP contribution in [0.15, 0.2) is 42.5 Å². The third-order valence-electron chi connectivity index (χ3n) is 3.38. The number of carbonyl (C=O) groups is 1. The molecule has 3 N–H and O–H groups in total. The second kappa shape index (κ2) is 6.31. The lowest BCUT2D eigenvalue weighted by Gasteiger charge is -2.21. The Morgan fingerprint density at radius 3 is 2.57 bits per heavy atom. The number of anilines is 3. The maximum Gasteiger partial charge on any atom is 0.243 e. The fraction of sp³-hybridized carbons (Fsp3) is 0.235. The Bertz CT molecular complexity index is 652. The van der Waals surface area contributed by atoms with Crippen molar-refractivity contribution in [3.05, 3.63) is 53.6 Å². The zero-order valence-corrected chi connectivity index (χ0v) is 12.7. The number of rotatable bonds is 4. The van der Waals surface area contributed by atoms with Gasteiger partial charge in [0.15, 0.2) is 0 Å². The highest BCUT2D eigenvalue weighted by Crippen LogP contribution is 2.20. The molecule has 0 aliphatic heterocycles. The summed E-state index contributed by atoms with van der Waals surface area (Å²) in [6.07, 6.45) is 0. The van der Waals surface area contributed by atoms with Gasteiger partial charge in [-0.1, -0.05) is 29.8 Å². The minimum absolute atomic E-state index is 0.0876. The first-order chi connectivity index (χ1) is 9.97. The van der Waals surface area contributed by atoms with Gasteiger partial charge in [0.25, 0.3) is 0 Å². The molecule has 4 nitrogen and oxygen atoms in total. The molecule has 21 heavy (non-hydrogen) atoms. The standard InChI is InChI=1S/C17H21N3O/c1-12-8-9-16(13(2)10-12)20(3)11-17(21)19-15-7-5-4-6-14(15)18/h4-10H,11,18H2,1-3H3,(H,19,21). The molecule has 1 amide bonds. The van der Waals surface area contributed by atoms with E-state index >= 15 is 0 Å². The number of amides is 1. The number of carbonyl (C=O) groups excluding carboxylic acids is 1. The van der Waals surface area contributed by atoms with Gasteiger partial charge >= 0.3 is 0 Å². The Kier molecular flexibility index (Phi) is 4.48. The summed E-state index contributed by atoms with van der Waals surface area (Å²) in [5.74, 6) is -0.0876. The van der Waals surface area contributed by atoms with Gasteiger partial charge in [-0.25, -0.2) is 0 Å². The lowest BCUT2D eigenvalue weighted by Crippen LogP contribution is -2.30. The van der Waals surface area contributed by atoms with Crippen molar-refractivity contribution in [2.45, 2.75) is 13.8 Å². The van der Waals surface area contributed by atoms with Crippen LogP contribution in [0.4, 0.5) is 17.1 Å². The number of hydrogen-bond donors (Lipinski definition) is 2. The normalized spacial score (nSPS) is 10.2. The molecular weight excluding hydrogens is 262 g/mol. The van der Waals surface area contributed by atoms with E-state index in [1.165, 1.54) is 5.56 Å². The first kappa shape index (κ1) is 14.9. The van der Waals surface area contributed by atoms with Gasteiger partial charge in [-0.2, -0.15) is 0 Å². The summed E-state index contributed by atoms with van der Waals surface area (Å²) < 4.78 is 0. The third-order valence-corrected chi connectivity index (χ3v) is 3.38. The van der Waals surface area contributed by atoms with Gasteiger partial charge in [-0.3, -0.25) is 4.79 Å². The molecule has 0 heterocycles. The van der Waals surface area contributed by atoms with Crippen LogP contribution in [0.2, 0.25) is 0 Å². The predicted molar refractivity (Wildman–Crippen MR) is 88.7 cm³/mol. The molecule has 4 heteroatoms. The Hall–Kier alpha value is -2.49. The number of likely N-dealkylation sites (N-methyl/N-ethyl adjacent to an activating group) is 1. The molecule has 0 saturated carbocycles. The summed E-state index contributed by atoms with van der Waals surface area (Å²) in [6, 6.07) is 13.4. The van der Waals surface area contributed by atoms with Crippen LogP contribution in [0.25, 0.3) is 0 Å². The Morgan fingerprint density at radius 2 is 1.90 bits per heavy atom. The van der Waals surface area contributed by atoms with Gasteiger partial charge in [-0.05, 0) is 37.6 Å². The van der Waals surface area contributed by atoms with Crippen LogP contribution in [-0.2, 0) is 4.79 Å². The summed E-state index contributed by atoms with van der Waals surface area (Å²) in [7, 11) is 1.91. The number of hydrogen-bond acceptors (Lipinski definition) is 3. The number of nitrogens with two attached hydrogens (primary N) is 1. The maximum atomic E-state index is 12.1. The van der Waals surface area contributed by atoms with Gasteiger partial charge in [0.05, 0.1) is 17.9 Å². The largest absolute Gasteiger partial charge is 0.397 e. The Balaban J connectivity index is 2.04. The molecule has 0 atom stereocenters. The number of aryl methyl sites for hydroxylation is 2. The number of nitrogen functional groups attached to an aromatic ring is 1. The van der Waals surface area contributed by atoms with E-state index in [-0.39, 0.29) is 12.5 Å². The molecule has 0 saturated heterocycles. The van der Waals surface area contributed by atoms with Crippen LogP contribution >= 0.6 is 0 Å². The minimum Gasteiger partial charge on any atom is -0.397 e. The van der Waals surface area contributed by atoms with Crippen molar-refractivity contribution in [1.82, 2.24) is 0 Å². The molecule has 0 fully saturated rings. The lowest BCUT2D eigenvalue weighted by molar-refractivity contribution is -0.114. The molecule has 0 aliphatic rings. The maximum absolute atomic E-state index is 12.1. The molecule has 0 aliphatic carbocycles. The molecule has 0 spiro atoms. The average molecular weight is 283 g/mol. The highest BCUT2D eigenvalue weighted by molar-refractivity contribution is 5.96. The third kappa shape index (κ3) is 3.75. The Labute approximate surface area is 125 Å². The van der Waals surface area contributed by atoms with Crippen molar-refractivity contribution in [3.8, 4) is 0 Å². The first-order valence-corrected chi connectivity index (χ1v) is 6.90. The van der Waals surface area contributed by atoms with Crippen molar-refractivity contribution in [2.24, 2.45) is 0 Å². The van der Waals surface area contributed by atoms with Crippen molar-refractivity contribution >= 4 is 23.0 Å². The van der Waals surface area contributed by atoms with Gasteiger partial charge in [0.2, 0.25) is 5.91 Å². The van der Waals surface area contributed by atoms with Crippen molar-refractivity contribution in [2.75, 3.05) is 29.5 Å². The fourth-order valence-electron chi connectivity index (χ4n) is 2.33. The summed E-state index contributed by atoms with van der Waals surface area (Å²) in [5.41, 5.74) is 10.5. The Morgan fingerprint density at radius 1 is 1.19 bits per heavy atom. The smallest absolute Gasteiger partial charge is 0.243 e. The SMILES string of the molecule is Cc1ccc(N(C)CC(=O)Nc2ccccc2N)c(C)c1. The fourth-order valence-corrected chi connectivity index (χ4v) is 2.33. The second-order valence-corrected chi connectivity index (χ2v) is 5.28. The van der Waals surface area contributed by atoms with Gasteiger partial charge in [0.1, 0.15) is 0 Å². The van der Waals surface area contributed by atoms with Gasteiger partial charge in [-0.15, -0.1) is 0 Å². The van der Waals surface area contributed by atoms with Crippen LogP contribution in [0.3, 0.4) is 0 Å². The van der Waals surface area contributed by atoms with Gasteiger partial charge < -0.3 is 16.0 Å². The van der Waals surface area contributed by atoms with Crippen LogP contribution in [-0.4, -0.2) is 19.5 Å². The van der Waals surface area contributed by atoms with E-state index in [2.05, 4.69) is 18.3 Å². The van der Waals surface area contributed by atoms with E-state index in [1.807, 2.05) is 43.1 Å². The summed E-state index contributed by atoms with van der Waals surface area (Å²) >= 11 is 0. The van der Waals surface area contributed by atoms with Crippen LogP contribution in [0, 0.1) is 13.8 Å². The topological polar surface area (TPSA) is 58.4 Å². The van der Waals surface area contributed by atoms with E-state index in [0.717, 1.165) is 11.3 Å². The van der Waals surface area contributed by atoms with Crippen LogP contribution < -0.4 is 16.0 Å². The molecular formula is C17H21N3O. The van der Waals surface area contributed by atoms with E-state index in [0.29, 0.717) is 11.4 Å². The van der Waals surface area contributed by atoms with E-state index in [1.54, 1.807) is 12.1 Å². The summed E-state index contributed by atoms with van der Waals surface area (Å²) in [6.45, 7) is 4.38.